The van der Waals surface area contributed by atoms with E-state index in [2.05, 4.69) is 20.7 Å². The van der Waals surface area contributed by atoms with E-state index < -0.39 is 20.0 Å². The lowest BCUT2D eigenvalue weighted by molar-refractivity contribution is 0.331. The Morgan fingerprint density at radius 1 is 1.18 bits per heavy atom. The fraction of sp³-hybridized carbons (Fsp3) is 0.333. The van der Waals surface area contributed by atoms with Gasteiger partial charge in [0.2, 0.25) is 10.0 Å². The summed E-state index contributed by atoms with van der Waals surface area (Å²) in [7, 11) is -7.47. The summed E-state index contributed by atoms with van der Waals surface area (Å²) in [6.07, 6.45) is 1.33. The third kappa shape index (κ3) is 4.44. The summed E-state index contributed by atoms with van der Waals surface area (Å²) in [6, 6.07) is 11.3. The minimum Gasteiger partial charge on any atom is -0.492 e. The smallest absolute Gasteiger partial charge is 0.265 e. The molecule has 28 heavy (non-hydrogen) atoms. The molecule has 1 N–H and O–H groups in total. The van der Waals surface area contributed by atoms with Crippen LogP contribution in [-0.2, 0) is 20.0 Å². The molecule has 1 heterocycles. The predicted molar refractivity (Wildman–Crippen MR) is 113 cm³/mol. The van der Waals surface area contributed by atoms with Crippen LogP contribution in [0.1, 0.15) is 19.8 Å². The molecule has 2 aromatic rings. The number of sulfonamides is 2. The van der Waals surface area contributed by atoms with Crippen molar-refractivity contribution in [3.05, 3.63) is 46.9 Å². The molecule has 2 aromatic carbocycles. The number of nitrogens with zero attached hydrogens (tertiary/aromatic N) is 1. The normalized spacial score (nSPS) is 16.6. The molecule has 0 aliphatic carbocycles. The van der Waals surface area contributed by atoms with Crippen molar-refractivity contribution in [1.82, 2.24) is 0 Å². The van der Waals surface area contributed by atoms with Crippen LogP contribution in [-0.4, -0.2) is 35.7 Å². The zero-order chi connectivity index (χ0) is 20.4. The van der Waals surface area contributed by atoms with E-state index in [4.69, 9.17) is 4.74 Å². The van der Waals surface area contributed by atoms with E-state index in [1.165, 1.54) is 16.4 Å². The molecule has 7 nitrogen and oxygen atoms in total. The molecule has 1 aliphatic heterocycles. The van der Waals surface area contributed by atoms with Gasteiger partial charge < -0.3 is 4.74 Å². The number of nitrogens with one attached hydrogen (secondary N) is 1. The quantitative estimate of drug-likeness (QED) is 0.670. The molecule has 0 aromatic heterocycles. The second kappa shape index (κ2) is 8.30. The van der Waals surface area contributed by atoms with Crippen LogP contribution in [0.4, 0.5) is 11.4 Å². The number of anilines is 2. The first-order valence-electron chi connectivity index (χ1n) is 8.79. The molecule has 0 spiro atoms. The summed E-state index contributed by atoms with van der Waals surface area (Å²) >= 11 is 3.32. The summed E-state index contributed by atoms with van der Waals surface area (Å²) in [4.78, 5) is -0.108. The minimum atomic E-state index is -4.01. The molecule has 0 bridgehead atoms. The van der Waals surface area contributed by atoms with Gasteiger partial charge in [-0.2, -0.15) is 0 Å². The Balaban J connectivity index is 2.06. The number of hydrogen-bond donors (Lipinski definition) is 1. The SMILES string of the molecule is CCOc1ccc(N2CCCCS2(=O)=O)cc1S(=O)(=O)Nc1ccccc1Br. The average molecular weight is 489 g/mol. The molecular weight excluding hydrogens is 468 g/mol. The third-order valence-corrected chi connectivity index (χ3v) is 8.22. The Morgan fingerprint density at radius 2 is 1.93 bits per heavy atom. The van der Waals surface area contributed by atoms with Crippen molar-refractivity contribution < 1.29 is 21.6 Å². The van der Waals surface area contributed by atoms with Gasteiger partial charge in [0.05, 0.1) is 23.7 Å². The summed E-state index contributed by atoms with van der Waals surface area (Å²) in [5.41, 5.74) is 0.691. The topological polar surface area (TPSA) is 92.8 Å². The summed E-state index contributed by atoms with van der Waals surface area (Å²) in [6.45, 7) is 2.35. The first-order chi connectivity index (χ1) is 13.2. The van der Waals surface area contributed by atoms with Crippen LogP contribution in [0.25, 0.3) is 0 Å². The Hall–Kier alpha value is -1.78. The molecule has 0 saturated carbocycles. The van der Waals surface area contributed by atoms with E-state index in [9.17, 15) is 16.8 Å². The van der Waals surface area contributed by atoms with Gasteiger partial charge in [0.15, 0.2) is 0 Å². The molecule has 0 amide bonds. The zero-order valence-electron chi connectivity index (χ0n) is 15.3. The van der Waals surface area contributed by atoms with E-state index >= 15 is 0 Å². The fourth-order valence-electron chi connectivity index (χ4n) is 2.96. The number of ether oxygens (including phenoxy) is 1. The molecule has 10 heteroatoms. The molecule has 3 rings (SSSR count). The van der Waals surface area contributed by atoms with Gasteiger partial charge in [0.25, 0.3) is 10.0 Å². The lowest BCUT2D eigenvalue weighted by Gasteiger charge is -2.29. The van der Waals surface area contributed by atoms with Gasteiger partial charge in [-0.1, -0.05) is 12.1 Å². The number of para-hydroxylation sites is 1. The van der Waals surface area contributed by atoms with Gasteiger partial charge in [-0.25, -0.2) is 16.8 Å². The molecule has 1 saturated heterocycles. The minimum absolute atomic E-state index is 0.0531. The predicted octanol–water partition coefficient (Wildman–Crippen LogP) is 3.58. The van der Waals surface area contributed by atoms with Gasteiger partial charge in [0.1, 0.15) is 10.6 Å². The molecular formula is C18H21BrN2O5S2. The standard InChI is InChI=1S/C18H21BrN2O5S2/c1-2-26-17-10-9-14(21-11-5-6-12-27(21,22)23)13-18(17)28(24,25)20-16-8-4-3-7-15(16)19/h3-4,7-10,13,20H,2,5-6,11-12H2,1H3. The van der Waals surface area contributed by atoms with E-state index in [-0.39, 0.29) is 23.0 Å². The van der Waals surface area contributed by atoms with E-state index in [1.807, 2.05) is 0 Å². The van der Waals surface area contributed by atoms with E-state index in [0.717, 1.165) is 6.42 Å². The number of rotatable bonds is 6. The second-order valence-corrected chi connectivity index (χ2v) is 10.8. The van der Waals surface area contributed by atoms with Crippen LogP contribution in [0.5, 0.6) is 5.75 Å². The van der Waals surface area contributed by atoms with Crippen molar-refractivity contribution in [3.63, 3.8) is 0 Å². The van der Waals surface area contributed by atoms with Gasteiger partial charge in [-0.05, 0) is 66.0 Å². The lowest BCUT2D eigenvalue weighted by atomic mass is 10.2. The van der Waals surface area contributed by atoms with Gasteiger partial charge >= 0.3 is 0 Å². The Labute approximate surface area is 173 Å². The van der Waals surface area contributed by atoms with Crippen LogP contribution in [0.15, 0.2) is 51.8 Å². The maximum absolute atomic E-state index is 13.1. The highest BCUT2D eigenvalue weighted by molar-refractivity contribution is 9.10. The maximum Gasteiger partial charge on any atom is 0.265 e. The maximum atomic E-state index is 13.1. The Morgan fingerprint density at radius 3 is 2.61 bits per heavy atom. The monoisotopic (exact) mass is 488 g/mol. The first kappa shape index (κ1) is 20.9. The van der Waals surface area contributed by atoms with Gasteiger partial charge in [-0.15, -0.1) is 0 Å². The summed E-state index contributed by atoms with van der Waals surface area (Å²) < 4.78 is 60.8. The van der Waals surface area contributed by atoms with Gasteiger partial charge in [0, 0.05) is 11.0 Å². The van der Waals surface area contributed by atoms with Crippen LogP contribution >= 0.6 is 15.9 Å². The highest BCUT2D eigenvalue weighted by Gasteiger charge is 2.29. The highest BCUT2D eigenvalue weighted by atomic mass is 79.9. The van der Waals surface area contributed by atoms with E-state index in [0.29, 0.717) is 28.8 Å². The first-order valence-corrected chi connectivity index (χ1v) is 12.7. The Bertz CT molecular complexity index is 1070. The number of benzene rings is 2. The third-order valence-electron chi connectivity index (χ3n) is 4.27. The Kier molecular flexibility index (Phi) is 6.21. The molecule has 0 unspecified atom stereocenters. The van der Waals surface area contributed by atoms with Crippen molar-refractivity contribution in [2.24, 2.45) is 0 Å². The molecule has 1 aliphatic rings. The van der Waals surface area contributed by atoms with Crippen molar-refractivity contribution in [3.8, 4) is 5.75 Å². The average Bonchev–Trinajstić information content (AvgIpc) is 2.64. The van der Waals surface area contributed by atoms with Crippen molar-refractivity contribution in [2.75, 3.05) is 27.9 Å². The van der Waals surface area contributed by atoms with Crippen molar-refractivity contribution in [1.29, 1.82) is 0 Å². The van der Waals surface area contributed by atoms with Crippen LogP contribution < -0.4 is 13.8 Å². The highest BCUT2D eigenvalue weighted by Crippen LogP contribution is 2.34. The summed E-state index contributed by atoms with van der Waals surface area (Å²) in [5.74, 6) is 0.220. The van der Waals surface area contributed by atoms with Crippen molar-refractivity contribution >= 4 is 47.4 Å². The largest absolute Gasteiger partial charge is 0.492 e. The fourth-order valence-corrected chi connectivity index (χ4v) is 6.35. The lowest BCUT2D eigenvalue weighted by Crippen LogP contribution is -2.37. The van der Waals surface area contributed by atoms with Crippen LogP contribution in [0.2, 0.25) is 0 Å². The number of halogens is 1. The van der Waals surface area contributed by atoms with Crippen molar-refractivity contribution in [2.45, 2.75) is 24.7 Å². The van der Waals surface area contributed by atoms with Gasteiger partial charge in [-0.3, -0.25) is 9.03 Å². The van der Waals surface area contributed by atoms with Crippen LogP contribution in [0.3, 0.4) is 0 Å². The molecule has 0 atom stereocenters. The molecule has 0 radical (unpaired) electrons. The number of hydrogen-bond acceptors (Lipinski definition) is 5. The second-order valence-electron chi connectivity index (χ2n) is 6.24. The summed E-state index contributed by atoms with van der Waals surface area (Å²) in [5, 5.41) is 0. The molecule has 1 fully saturated rings. The van der Waals surface area contributed by atoms with Crippen LogP contribution in [0, 0.1) is 0 Å². The molecule has 152 valence electrons. The van der Waals surface area contributed by atoms with E-state index in [1.54, 1.807) is 37.3 Å². The zero-order valence-corrected chi connectivity index (χ0v) is 18.5.